The molecule has 0 amide bonds. The summed E-state index contributed by atoms with van der Waals surface area (Å²) in [6.07, 6.45) is 0.575. The summed E-state index contributed by atoms with van der Waals surface area (Å²) in [6, 6.07) is 7.21. The van der Waals surface area contributed by atoms with Gasteiger partial charge in [-0.05, 0) is 24.6 Å². The molecule has 82 valence electrons. The second-order valence-corrected chi connectivity index (χ2v) is 3.29. The Morgan fingerprint density at radius 1 is 1.31 bits per heavy atom. The molecule has 0 radical (unpaired) electrons. The molecule has 0 aliphatic rings. The molecule has 0 atom stereocenters. The molecular formula is C12H9FO3. The van der Waals surface area contributed by atoms with Gasteiger partial charge in [-0.25, -0.2) is 4.39 Å². The number of carbonyl (C=O) groups excluding carboxylic acids is 1. The molecule has 0 aliphatic carbocycles. The summed E-state index contributed by atoms with van der Waals surface area (Å²) in [7, 11) is 0. The topological polar surface area (TPSA) is 39.4 Å². The lowest BCUT2D eigenvalue weighted by Gasteiger charge is -2.05. The lowest BCUT2D eigenvalue weighted by atomic mass is 10.2. The monoisotopic (exact) mass is 220 g/mol. The predicted octanol–water partition coefficient (Wildman–Crippen LogP) is 3.33. The summed E-state index contributed by atoms with van der Waals surface area (Å²) in [5.74, 6) is 0.314. The maximum atomic E-state index is 13.0. The number of ether oxygens (including phenoxy) is 1. The van der Waals surface area contributed by atoms with E-state index in [1.807, 2.05) is 0 Å². The summed E-state index contributed by atoms with van der Waals surface area (Å²) < 4.78 is 23.3. The zero-order valence-corrected chi connectivity index (χ0v) is 8.57. The van der Waals surface area contributed by atoms with Crippen LogP contribution in [-0.2, 0) is 0 Å². The maximum Gasteiger partial charge on any atom is 0.290 e. The van der Waals surface area contributed by atoms with E-state index in [1.54, 1.807) is 13.0 Å². The highest BCUT2D eigenvalue weighted by atomic mass is 19.1. The first-order valence-corrected chi connectivity index (χ1v) is 4.68. The second-order valence-electron chi connectivity index (χ2n) is 3.29. The first-order chi connectivity index (χ1) is 7.69. The zero-order chi connectivity index (χ0) is 11.5. The standard InChI is InChI=1S/C12H9FO3/c1-8-2-3-9(13)6-11(8)16-12-5-4-10(7-14)15-12/h2-7H,1H3. The van der Waals surface area contributed by atoms with Gasteiger partial charge < -0.3 is 9.15 Å². The van der Waals surface area contributed by atoms with Gasteiger partial charge in [0.1, 0.15) is 11.6 Å². The molecule has 0 unspecified atom stereocenters. The number of rotatable bonds is 3. The van der Waals surface area contributed by atoms with Crippen LogP contribution in [0.4, 0.5) is 4.39 Å². The van der Waals surface area contributed by atoms with Gasteiger partial charge in [-0.15, -0.1) is 0 Å². The number of hydrogen-bond donors (Lipinski definition) is 0. The number of benzene rings is 1. The first-order valence-electron chi connectivity index (χ1n) is 4.68. The maximum absolute atomic E-state index is 13.0. The van der Waals surface area contributed by atoms with Crippen LogP contribution in [0.3, 0.4) is 0 Å². The zero-order valence-electron chi connectivity index (χ0n) is 8.57. The van der Waals surface area contributed by atoms with Crippen LogP contribution in [0.15, 0.2) is 34.7 Å². The van der Waals surface area contributed by atoms with Crippen LogP contribution >= 0.6 is 0 Å². The van der Waals surface area contributed by atoms with Crippen molar-refractivity contribution < 1.29 is 18.3 Å². The molecule has 2 rings (SSSR count). The van der Waals surface area contributed by atoms with E-state index in [1.165, 1.54) is 24.3 Å². The number of carbonyl (C=O) groups is 1. The molecule has 3 nitrogen and oxygen atoms in total. The van der Waals surface area contributed by atoms with Crippen LogP contribution in [0.1, 0.15) is 16.1 Å². The highest BCUT2D eigenvalue weighted by Gasteiger charge is 2.06. The lowest BCUT2D eigenvalue weighted by Crippen LogP contribution is -1.87. The van der Waals surface area contributed by atoms with Crippen LogP contribution in [-0.4, -0.2) is 6.29 Å². The Balaban J connectivity index is 2.26. The highest BCUT2D eigenvalue weighted by Crippen LogP contribution is 2.26. The first kappa shape index (κ1) is 10.4. The third-order valence-electron chi connectivity index (χ3n) is 2.08. The van der Waals surface area contributed by atoms with Gasteiger partial charge in [0.2, 0.25) is 0 Å². The molecule has 0 N–H and O–H groups in total. The van der Waals surface area contributed by atoms with Crippen molar-refractivity contribution in [1.29, 1.82) is 0 Å². The number of hydrogen-bond acceptors (Lipinski definition) is 3. The third-order valence-corrected chi connectivity index (χ3v) is 2.08. The van der Waals surface area contributed by atoms with E-state index in [0.29, 0.717) is 12.0 Å². The molecule has 2 aromatic rings. The van der Waals surface area contributed by atoms with Crippen molar-refractivity contribution in [3.8, 4) is 11.7 Å². The molecule has 0 saturated carbocycles. The van der Waals surface area contributed by atoms with Gasteiger partial charge in [-0.3, -0.25) is 4.79 Å². The molecule has 1 aromatic carbocycles. The third kappa shape index (κ3) is 2.11. The van der Waals surface area contributed by atoms with E-state index in [4.69, 9.17) is 9.15 Å². The van der Waals surface area contributed by atoms with Crippen molar-refractivity contribution in [2.75, 3.05) is 0 Å². The van der Waals surface area contributed by atoms with Gasteiger partial charge in [-0.2, -0.15) is 0 Å². The van der Waals surface area contributed by atoms with Crippen molar-refractivity contribution in [1.82, 2.24) is 0 Å². The average Bonchev–Trinajstić information content (AvgIpc) is 2.71. The Morgan fingerprint density at radius 2 is 2.12 bits per heavy atom. The highest BCUT2D eigenvalue weighted by molar-refractivity contribution is 5.70. The van der Waals surface area contributed by atoms with Gasteiger partial charge in [0.15, 0.2) is 12.0 Å². The Bertz CT molecular complexity index is 517. The second kappa shape index (κ2) is 4.18. The molecule has 1 heterocycles. The molecule has 0 bridgehead atoms. The minimum atomic E-state index is -0.386. The lowest BCUT2D eigenvalue weighted by molar-refractivity contribution is 0.109. The quantitative estimate of drug-likeness (QED) is 0.745. The molecule has 16 heavy (non-hydrogen) atoms. The van der Waals surface area contributed by atoms with Crippen LogP contribution in [0, 0.1) is 12.7 Å². The predicted molar refractivity (Wildman–Crippen MR) is 55.3 cm³/mol. The molecule has 0 saturated heterocycles. The van der Waals surface area contributed by atoms with Gasteiger partial charge in [0.25, 0.3) is 5.95 Å². The van der Waals surface area contributed by atoms with Crippen molar-refractivity contribution in [2.24, 2.45) is 0 Å². The van der Waals surface area contributed by atoms with E-state index >= 15 is 0 Å². The van der Waals surface area contributed by atoms with Crippen molar-refractivity contribution >= 4 is 6.29 Å². The van der Waals surface area contributed by atoms with Crippen molar-refractivity contribution in [2.45, 2.75) is 6.92 Å². The van der Waals surface area contributed by atoms with E-state index < -0.39 is 0 Å². The smallest absolute Gasteiger partial charge is 0.290 e. The number of furan rings is 1. The summed E-state index contributed by atoms with van der Waals surface area (Å²) in [4.78, 5) is 10.4. The fourth-order valence-electron chi connectivity index (χ4n) is 1.24. The van der Waals surface area contributed by atoms with Gasteiger partial charge in [0.05, 0.1) is 0 Å². The number of aryl methyl sites for hydroxylation is 1. The summed E-state index contributed by atoms with van der Waals surface area (Å²) in [6.45, 7) is 1.79. The molecule has 0 fully saturated rings. The summed E-state index contributed by atoms with van der Waals surface area (Å²) in [5, 5.41) is 0. The van der Waals surface area contributed by atoms with E-state index in [-0.39, 0.29) is 17.5 Å². The van der Waals surface area contributed by atoms with E-state index in [0.717, 1.165) is 5.56 Å². The summed E-state index contributed by atoms with van der Waals surface area (Å²) in [5.41, 5.74) is 0.783. The van der Waals surface area contributed by atoms with Gasteiger partial charge in [-0.1, -0.05) is 6.07 Å². The largest absolute Gasteiger partial charge is 0.426 e. The van der Waals surface area contributed by atoms with Gasteiger partial charge in [0, 0.05) is 12.1 Å². The molecule has 1 aromatic heterocycles. The van der Waals surface area contributed by atoms with Crippen molar-refractivity contribution in [3.05, 3.63) is 47.5 Å². The van der Waals surface area contributed by atoms with Crippen LogP contribution in [0.25, 0.3) is 0 Å². The number of halogens is 1. The molecular weight excluding hydrogens is 211 g/mol. The van der Waals surface area contributed by atoms with E-state index in [2.05, 4.69) is 0 Å². The Morgan fingerprint density at radius 3 is 2.81 bits per heavy atom. The van der Waals surface area contributed by atoms with E-state index in [9.17, 15) is 9.18 Å². The molecule has 0 spiro atoms. The average molecular weight is 220 g/mol. The fourth-order valence-corrected chi connectivity index (χ4v) is 1.24. The van der Waals surface area contributed by atoms with Crippen LogP contribution in [0.5, 0.6) is 11.7 Å². The molecule has 4 heteroatoms. The Kier molecular flexibility index (Phi) is 2.72. The van der Waals surface area contributed by atoms with Crippen molar-refractivity contribution in [3.63, 3.8) is 0 Å². The normalized spacial score (nSPS) is 10.1. The summed E-state index contributed by atoms with van der Waals surface area (Å²) >= 11 is 0. The minimum absolute atomic E-state index is 0.163. The molecule has 0 aliphatic heterocycles. The Hall–Kier alpha value is -2.10. The fraction of sp³-hybridized carbons (Fsp3) is 0.0833. The number of aldehydes is 1. The SMILES string of the molecule is Cc1ccc(F)cc1Oc1ccc(C=O)o1. The van der Waals surface area contributed by atoms with Gasteiger partial charge >= 0.3 is 0 Å². The van der Waals surface area contributed by atoms with Crippen LogP contribution in [0.2, 0.25) is 0 Å². The van der Waals surface area contributed by atoms with Crippen LogP contribution < -0.4 is 4.74 Å². The minimum Gasteiger partial charge on any atom is -0.426 e. The Labute approximate surface area is 91.5 Å².